The Kier molecular flexibility index (Phi) is 5.80. The number of aromatic nitrogens is 2. The summed E-state index contributed by atoms with van der Waals surface area (Å²) in [5, 5.41) is 4.38. The number of benzene rings is 1. The number of carbonyl (C=O) groups excluding carboxylic acids is 1. The normalized spacial score (nSPS) is 16.3. The zero-order chi connectivity index (χ0) is 21.2. The van der Waals surface area contributed by atoms with Gasteiger partial charge in [0.05, 0.1) is 30.2 Å². The van der Waals surface area contributed by atoms with E-state index < -0.39 is 0 Å². The topological polar surface area (TPSA) is 86.4 Å². The predicted molar refractivity (Wildman–Crippen MR) is 122 cm³/mol. The smallest absolute Gasteiger partial charge is 0.272 e. The number of nitrogens with one attached hydrogen (secondary N) is 1. The molecular formula is C22H21N3O4S2. The highest BCUT2D eigenvalue weighted by atomic mass is 32.2. The van der Waals surface area contributed by atoms with Crippen LogP contribution in [0.15, 0.2) is 57.0 Å². The summed E-state index contributed by atoms with van der Waals surface area (Å²) in [6.45, 7) is 1.54. The maximum absolute atomic E-state index is 13.4. The molecule has 1 aromatic carbocycles. The Hall–Kier alpha value is -2.62. The molecule has 160 valence electrons. The molecule has 1 amide bonds. The van der Waals surface area contributed by atoms with Gasteiger partial charge < -0.3 is 14.5 Å². The van der Waals surface area contributed by atoms with E-state index in [2.05, 4.69) is 5.32 Å². The molecule has 1 saturated heterocycles. The fourth-order valence-corrected chi connectivity index (χ4v) is 5.59. The zero-order valence-corrected chi connectivity index (χ0v) is 18.3. The Bertz CT molecular complexity index is 1270. The number of thioether (sulfide) groups is 1. The molecule has 1 aliphatic heterocycles. The van der Waals surface area contributed by atoms with Crippen molar-refractivity contribution < 1.29 is 13.9 Å². The number of carbonyl (C=O) groups is 1. The fraction of sp³-hybridized carbons (Fsp3) is 0.318. The number of fused-ring (bicyclic) bond motifs is 3. The van der Waals surface area contributed by atoms with Crippen LogP contribution in [0, 0.1) is 0 Å². The van der Waals surface area contributed by atoms with E-state index in [-0.39, 0.29) is 29.9 Å². The van der Waals surface area contributed by atoms with Gasteiger partial charge in [-0.05, 0) is 31.0 Å². The van der Waals surface area contributed by atoms with E-state index in [1.165, 1.54) is 23.1 Å². The van der Waals surface area contributed by atoms with Gasteiger partial charge in [-0.25, -0.2) is 4.98 Å². The fourth-order valence-electron chi connectivity index (χ4n) is 3.68. The highest BCUT2D eigenvalue weighted by Crippen LogP contribution is 2.32. The lowest BCUT2D eigenvalue weighted by Gasteiger charge is -2.12. The summed E-state index contributed by atoms with van der Waals surface area (Å²) in [6.07, 6.45) is 3.68. The zero-order valence-electron chi connectivity index (χ0n) is 16.7. The molecule has 4 aromatic rings. The summed E-state index contributed by atoms with van der Waals surface area (Å²) in [5.41, 5.74) is 0.563. The van der Waals surface area contributed by atoms with Crippen molar-refractivity contribution in [2.75, 3.05) is 18.9 Å². The first-order chi connectivity index (χ1) is 15.2. The number of ether oxygens (including phenoxy) is 1. The highest BCUT2D eigenvalue weighted by molar-refractivity contribution is 7.99. The third-order valence-electron chi connectivity index (χ3n) is 5.22. The van der Waals surface area contributed by atoms with Gasteiger partial charge in [-0.3, -0.25) is 14.2 Å². The van der Waals surface area contributed by atoms with E-state index in [0.29, 0.717) is 27.7 Å². The summed E-state index contributed by atoms with van der Waals surface area (Å²) in [6, 6.07) is 11.5. The Balaban J connectivity index is 1.44. The largest absolute Gasteiger partial charge is 0.467 e. The van der Waals surface area contributed by atoms with Crippen LogP contribution >= 0.6 is 23.1 Å². The standard InChI is InChI=1S/C22H21N3O4S2/c26-18(23-11-14-5-3-9-28-14)13-30-22-24-19-16-7-1-2-8-17(16)31-20(19)21(27)25(22)12-15-6-4-10-29-15/h1-2,4,6-8,10,14H,3,5,9,11-13H2,(H,23,26)/t14-/m1/s1. The highest BCUT2D eigenvalue weighted by Gasteiger charge is 2.19. The number of amides is 1. The van der Waals surface area contributed by atoms with E-state index in [1.54, 1.807) is 16.9 Å². The third kappa shape index (κ3) is 4.26. The van der Waals surface area contributed by atoms with Crippen LogP contribution in [0.4, 0.5) is 0 Å². The number of hydrogen-bond acceptors (Lipinski definition) is 7. The number of rotatable bonds is 7. The Labute approximate surface area is 186 Å². The van der Waals surface area contributed by atoms with Crippen LogP contribution in [0.2, 0.25) is 0 Å². The monoisotopic (exact) mass is 455 g/mol. The van der Waals surface area contributed by atoms with Crippen molar-refractivity contribution in [3.8, 4) is 0 Å². The first-order valence-corrected chi connectivity index (χ1v) is 11.9. The average Bonchev–Trinajstić information content (AvgIpc) is 3.54. The van der Waals surface area contributed by atoms with Crippen LogP contribution < -0.4 is 10.9 Å². The molecule has 3 aromatic heterocycles. The number of hydrogen-bond donors (Lipinski definition) is 1. The Morgan fingerprint density at radius 2 is 2.19 bits per heavy atom. The molecule has 0 radical (unpaired) electrons. The van der Waals surface area contributed by atoms with Crippen molar-refractivity contribution in [2.45, 2.75) is 30.6 Å². The van der Waals surface area contributed by atoms with Crippen molar-refractivity contribution in [1.29, 1.82) is 0 Å². The molecule has 1 aliphatic rings. The van der Waals surface area contributed by atoms with E-state index in [9.17, 15) is 9.59 Å². The maximum Gasteiger partial charge on any atom is 0.272 e. The number of nitrogens with zero attached hydrogens (tertiary/aromatic N) is 2. The second-order valence-electron chi connectivity index (χ2n) is 7.37. The van der Waals surface area contributed by atoms with Gasteiger partial charge in [0.25, 0.3) is 5.56 Å². The molecule has 1 N–H and O–H groups in total. The third-order valence-corrected chi connectivity index (χ3v) is 7.35. The molecule has 0 bridgehead atoms. The van der Waals surface area contributed by atoms with Crippen LogP contribution in [0.5, 0.6) is 0 Å². The second-order valence-corrected chi connectivity index (χ2v) is 9.36. The first kappa shape index (κ1) is 20.3. The van der Waals surface area contributed by atoms with Gasteiger partial charge in [0, 0.05) is 23.2 Å². The summed E-state index contributed by atoms with van der Waals surface area (Å²) in [5.74, 6) is 0.730. The van der Waals surface area contributed by atoms with Crippen LogP contribution in [0.25, 0.3) is 20.3 Å². The first-order valence-electron chi connectivity index (χ1n) is 10.1. The lowest BCUT2D eigenvalue weighted by Crippen LogP contribution is -2.33. The summed E-state index contributed by atoms with van der Waals surface area (Å²) in [4.78, 5) is 30.5. The van der Waals surface area contributed by atoms with Crippen molar-refractivity contribution in [3.63, 3.8) is 0 Å². The lowest BCUT2D eigenvalue weighted by atomic mass is 10.2. The molecule has 7 nitrogen and oxygen atoms in total. The quantitative estimate of drug-likeness (QED) is 0.338. The minimum absolute atomic E-state index is 0.0951. The van der Waals surface area contributed by atoms with Crippen molar-refractivity contribution in [1.82, 2.24) is 14.9 Å². The SMILES string of the molecule is O=C(CSc1nc2c(sc3ccccc32)c(=O)n1Cc1ccco1)NC[C@H]1CCCO1. The van der Waals surface area contributed by atoms with Gasteiger partial charge in [0.15, 0.2) is 5.16 Å². The van der Waals surface area contributed by atoms with Gasteiger partial charge in [0.1, 0.15) is 10.5 Å². The van der Waals surface area contributed by atoms with Gasteiger partial charge in [-0.1, -0.05) is 30.0 Å². The predicted octanol–water partition coefficient (Wildman–Crippen LogP) is 3.64. The molecule has 0 saturated carbocycles. The lowest BCUT2D eigenvalue weighted by molar-refractivity contribution is -0.119. The van der Waals surface area contributed by atoms with E-state index >= 15 is 0 Å². The van der Waals surface area contributed by atoms with Crippen molar-refractivity contribution >= 4 is 49.3 Å². The van der Waals surface area contributed by atoms with Gasteiger partial charge in [0.2, 0.25) is 5.91 Å². The van der Waals surface area contributed by atoms with E-state index in [4.69, 9.17) is 14.1 Å². The minimum Gasteiger partial charge on any atom is -0.467 e. The van der Waals surface area contributed by atoms with Crippen LogP contribution in [0.1, 0.15) is 18.6 Å². The summed E-state index contributed by atoms with van der Waals surface area (Å²) < 4.78 is 14.2. The molecule has 0 unspecified atom stereocenters. The summed E-state index contributed by atoms with van der Waals surface area (Å²) >= 11 is 2.70. The molecule has 4 heterocycles. The molecule has 9 heteroatoms. The Morgan fingerprint density at radius 3 is 3.00 bits per heavy atom. The average molecular weight is 456 g/mol. The van der Waals surface area contributed by atoms with Crippen LogP contribution in [-0.4, -0.2) is 40.5 Å². The second kappa shape index (κ2) is 8.86. The maximum atomic E-state index is 13.4. The van der Waals surface area contributed by atoms with E-state index in [1.807, 2.05) is 30.3 Å². The molecule has 1 fully saturated rings. The molecule has 5 rings (SSSR count). The molecule has 31 heavy (non-hydrogen) atoms. The minimum atomic E-state index is -0.120. The van der Waals surface area contributed by atoms with Crippen molar-refractivity contribution in [3.05, 3.63) is 58.8 Å². The summed E-state index contributed by atoms with van der Waals surface area (Å²) in [7, 11) is 0. The number of thiophene rings is 1. The Morgan fingerprint density at radius 1 is 1.29 bits per heavy atom. The van der Waals surface area contributed by atoms with E-state index in [0.717, 1.165) is 29.5 Å². The molecule has 0 aliphatic carbocycles. The van der Waals surface area contributed by atoms with Gasteiger partial charge in [-0.2, -0.15) is 0 Å². The molecule has 1 atom stereocenters. The molecule has 0 spiro atoms. The molecular weight excluding hydrogens is 434 g/mol. The van der Waals surface area contributed by atoms with Gasteiger partial charge in [-0.15, -0.1) is 11.3 Å². The van der Waals surface area contributed by atoms with Gasteiger partial charge >= 0.3 is 0 Å². The van der Waals surface area contributed by atoms with Crippen LogP contribution in [-0.2, 0) is 16.1 Å². The van der Waals surface area contributed by atoms with Crippen LogP contribution in [0.3, 0.4) is 0 Å². The van der Waals surface area contributed by atoms with Crippen molar-refractivity contribution in [2.24, 2.45) is 0 Å². The number of furan rings is 1.